The maximum Gasteiger partial charge on any atom is 0.259 e. The monoisotopic (exact) mass is 333 g/mol. The van der Waals surface area contributed by atoms with Crippen molar-refractivity contribution in [1.82, 2.24) is 5.43 Å². The van der Waals surface area contributed by atoms with Crippen molar-refractivity contribution in [2.75, 3.05) is 11.9 Å². The second-order valence-electron chi connectivity index (χ2n) is 5.63. The molecule has 0 aromatic heterocycles. The molecule has 5 nitrogen and oxygen atoms in total. The van der Waals surface area contributed by atoms with Gasteiger partial charge in [0.1, 0.15) is 5.75 Å². The van der Waals surface area contributed by atoms with Crippen molar-refractivity contribution in [3.8, 4) is 5.75 Å². The number of aromatic hydroxyl groups is 1. The molecular weight excluding hydrogens is 314 g/mol. The van der Waals surface area contributed by atoms with Crippen molar-refractivity contribution in [1.29, 1.82) is 0 Å². The Kier molecular flexibility index (Phi) is 4.95. The maximum atomic E-state index is 12.0. The first-order valence-electron chi connectivity index (χ1n) is 7.98. The van der Waals surface area contributed by atoms with E-state index in [0.717, 1.165) is 16.5 Å². The SMILES string of the molecule is C/C(=N\NC(=O)CNc1cccc2ccccc12)c1ccccc1O. The fraction of sp³-hybridized carbons (Fsp3) is 0.100. The third-order valence-electron chi connectivity index (χ3n) is 3.87. The highest BCUT2D eigenvalue weighted by Crippen LogP contribution is 2.22. The van der Waals surface area contributed by atoms with Crippen LogP contribution in [0.5, 0.6) is 5.75 Å². The summed E-state index contributed by atoms with van der Waals surface area (Å²) >= 11 is 0. The Morgan fingerprint density at radius 3 is 2.56 bits per heavy atom. The predicted octanol–water partition coefficient (Wildman–Crippen LogP) is 3.50. The van der Waals surface area contributed by atoms with Crippen molar-refractivity contribution in [3.05, 3.63) is 72.3 Å². The zero-order valence-corrected chi connectivity index (χ0v) is 13.9. The Morgan fingerprint density at radius 2 is 1.72 bits per heavy atom. The average molecular weight is 333 g/mol. The van der Waals surface area contributed by atoms with Gasteiger partial charge in [-0.3, -0.25) is 4.79 Å². The Hall–Kier alpha value is -3.34. The number of hydrogen-bond acceptors (Lipinski definition) is 4. The summed E-state index contributed by atoms with van der Waals surface area (Å²) in [5.74, 6) is -0.130. The molecule has 126 valence electrons. The van der Waals surface area contributed by atoms with Crippen LogP contribution >= 0.6 is 0 Å². The summed E-state index contributed by atoms with van der Waals surface area (Å²) in [6.45, 7) is 1.83. The van der Waals surface area contributed by atoms with E-state index in [4.69, 9.17) is 0 Å². The third-order valence-corrected chi connectivity index (χ3v) is 3.87. The van der Waals surface area contributed by atoms with Crippen LogP contribution < -0.4 is 10.7 Å². The molecule has 5 heteroatoms. The second-order valence-corrected chi connectivity index (χ2v) is 5.63. The molecule has 0 aliphatic carbocycles. The van der Waals surface area contributed by atoms with E-state index < -0.39 is 0 Å². The number of anilines is 1. The number of para-hydroxylation sites is 1. The van der Waals surface area contributed by atoms with Gasteiger partial charge >= 0.3 is 0 Å². The molecule has 0 bridgehead atoms. The number of nitrogens with one attached hydrogen (secondary N) is 2. The lowest BCUT2D eigenvalue weighted by Crippen LogP contribution is -2.26. The highest BCUT2D eigenvalue weighted by atomic mass is 16.3. The fourth-order valence-corrected chi connectivity index (χ4v) is 2.58. The van der Waals surface area contributed by atoms with Gasteiger partial charge < -0.3 is 10.4 Å². The van der Waals surface area contributed by atoms with Crippen LogP contribution in [0.4, 0.5) is 5.69 Å². The lowest BCUT2D eigenvalue weighted by atomic mass is 10.1. The minimum Gasteiger partial charge on any atom is -0.507 e. The first-order valence-corrected chi connectivity index (χ1v) is 7.98. The van der Waals surface area contributed by atoms with E-state index in [2.05, 4.69) is 15.8 Å². The molecule has 0 fully saturated rings. The zero-order valence-electron chi connectivity index (χ0n) is 13.9. The van der Waals surface area contributed by atoms with Gasteiger partial charge in [0.05, 0.1) is 12.3 Å². The largest absolute Gasteiger partial charge is 0.507 e. The van der Waals surface area contributed by atoms with E-state index in [1.54, 1.807) is 31.2 Å². The minimum atomic E-state index is -0.261. The van der Waals surface area contributed by atoms with E-state index in [-0.39, 0.29) is 18.2 Å². The number of amides is 1. The molecular formula is C20H19N3O2. The van der Waals surface area contributed by atoms with E-state index in [9.17, 15) is 9.90 Å². The van der Waals surface area contributed by atoms with Crippen LogP contribution in [0.1, 0.15) is 12.5 Å². The molecule has 3 aromatic rings. The summed E-state index contributed by atoms with van der Waals surface area (Å²) in [6.07, 6.45) is 0. The van der Waals surface area contributed by atoms with Crippen LogP contribution in [0.15, 0.2) is 71.8 Å². The summed E-state index contributed by atoms with van der Waals surface area (Å²) in [4.78, 5) is 12.0. The maximum absolute atomic E-state index is 12.0. The molecule has 3 rings (SSSR count). The number of phenols is 1. The Balaban J connectivity index is 1.63. The van der Waals surface area contributed by atoms with Gasteiger partial charge in [0.15, 0.2) is 0 Å². The Labute approximate surface area is 146 Å². The predicted molar refractivity (Wildman–Crippen MR) is 101 cm³/mol. The molecule has 0 radical (unpaired) electrons. The van der Waals surface area contributed by atoms with E-state index >= 15 is 0 Å². The number of fused-ring (bicyclic) bond motifs is 1. The summed E-state index contributed by atoms with van der Waals surface area (Å²) in [7, 11) is 0. The van der Waals surface area contributed by atoms with Gasteiger partial charge in [-0.1, -0.05) is 48.5 Å². The normalized spacial score (nSPS) is 11.3. The molecule has 1 amide bonds. The van der Waals surface area contributed by atoms with E-state index in [1.165, 1.54) is 0 Å². The number of hydrogen-bond donors (Lipinski definition) is 3. The number of benzene rings is 3. The third kappa shape index (κ3) is 3.95. The van der Waals surface area contributed by atoms with Crippen molar-refractivity contribution in [2.45, 2.75) is 6.92 Å². The summed E-state index contributed by atoms with van der Waals surface area (Å²) < 4.78 is 0. The standard InChI is InChI=1S/C20H19N3O2/c1-14(16-9-4-5-12-19(16)24)22-23-20(25)13-21-18-11-6-8-15-7-2-3-10-17(15)18/h2-12,21,24H,13H2,1H3,(H,23,25)/b22-14+. The molecule has 0 unspecified atom stereocenters. The van der Waals surface area contributed by atoms with Gasteiger partial charge in [-0.2, -0.15) is 5.10 Å². The van der Waals surface area contributed by atoms with E-state index in [1.807, 2.05) is 42.5 Å². The molecule has 25 heavy (non-hydrogen) atoms. The minimum absolute atomic E-state index is 0.103. The van der Waals surface area contributed by atoms with Gasteiger partial charge in [-0.25, -0.2) is 5.43 Å². The number of phenolic OH excluding ortho intramolecular Hbond substituents is 1. The van der Waals surface area contributed by atoms with Crippen LogP contribution in [0.3, 0.4) is 0 Å². The summed E-state index contributed by atoms with van der Waals surface area (Å²) in [5, 5.41) is 19.1. The first-order chi connectivity index (χ1) is 12.1. The molecule has 0 saturated heterocycles. The van der Waals surface area contributed by atoms with Crippen LogP contribution in [0, 0.1) is 0 Å². The van der Waals surface area contributed by atoms with Crippen molar-refractivity contribution < 1.29 is 9.90 Å². The van der Waals surface area contributed by atoms with Gasteiger partial charge in [0.25, 0.3) is 5.91 Å². The number of rotatable bonds is 5. The van der Waals surface area contributed by atoms with Crippen molar-refractivity contribution >= 4 is 28.1 Å². The van der Waals surface area contributed by atoms with Crippen LogP contribution in [-0.2, 0) is 4.79 Å². The summed E-state index contributed by atoms with van der Waals surface area (Å²) in [5.41, 5.74) is 4.53. The van der Waals surface area contributed by atoms with E-state index in [0.29, 0.717) is 11.3 Å². The van der Waals surface area contributed by atoms with Gasteiger partial charge in [0.2, 0.25) is 0 Å². The smallest absolute Gasteiger partial charge is 0.259 e. The molecule has 3 aromatic carbocycles. The van der Waals surface area contributed by atoms with Crippen LogP contribution in [-0.4, -0.2) is 23.3 Å². The first kappa shape index (κ1) is 16.5. The highest BCUT2D eigenvalue weighted by molar-refractivity contribution is 6.01. The average Bonchev–Trinajstić information content (AvgIpc) is 2.64. The topological polar surface area (TPSA) is 73.7 Å². The van der Waals surface area contributed by atoms with Crippen LogP contribution in [0.25, 0.3) is 10.8 Å². The van der Waals surface area contributed by atoms with Crippen molar-refractivity contribution in [2.24, 2.45) is 5.10 Å². The number of nitrogens with zero attached hydrogens (tertiary/aromatic N) is 1. The Bertz CT molecular complexity index is 930. The molecule has 0 aliphatic rings. The Morgan fingerprint density at radius 1 is 1.00 bits per heavy atom. The molecule has 0 spiro atoms. The van der Waals surface area contributed by atoms with Gasteiger partial charge in [-0.15, -0.1) is 0 Å². The highest BCUT2D eigenvalue weighted by Gasteiger charge is 2.06. The number of carbonyl (C=O) groups excluding carboxylic acids is 1. The quantitative estimate of drug-likeness (QED) is 0.494. The number of hydrazone groups is 1. The molecule has 0 heterocycles. The second kappa shape index (κ2) is 7.49. The molecule has 0 saturated carbocycles. The van der Waals surface area contributed by atoms with Crippen LogP contribution in [0.2, 0.25) is 0 Å². The lowest BCUT2D eigenvalue weighted by Gasteiger charge is -2.09. The molecule has 0 atom stereocenters. The van der Waals surface area contributed by atoms with Gasteiger partial charge in [-0.05, 0) is 30.5 Å². The molecule has 3 N–H and O–H groups in total. The van der Waals surface area contributed by atoms with Crippen molar-refractivity contribution in [3.63, 3.8) is 0 Å². The number of carbonyl (C=O) groups is 1. The van der Waals surface area contributed by atoms with Gasteiger partial charge in [0, 0.05) is 16.6 Å². The lowest BCUT2D eigenvalue weighted by molar-refractivity contribution is -0.119. The molecule has 0 aliphatic heterocycles. The zero-order chi connectivity index (χ0) is 17.6. The fourth-order valence-electron chi connectivity index (χ4n) is 2.58. The summed E-state index contributed by atoms with van der Waals surface area (Å²) in [6, 6.07) is 20.8.